The maximum atomic E-state index is 11.5. The van der Waals surface area contributed by atoms with Crippen LogP contribution in [-0.4, -0.2) is 50.7 Å². The van der Waals surface area contributed by atoms with Crippen LogP contribution in [0.1, 0.15) is 32.5 Å². The van der Waals surface area contributed by atoms with Crippen molar-refractivity contribution in [2.75, 3.05) is 19.6 Å². The van der Waals surface area contributed by atoms with Gasteiger partial charge in [-0.1, -0.05) is 6.92 Å². The first-order valence-corrected chi connectivity index (χ1v) is 7.19. The Bertz CT molecular complexity index is 459. The summed E-state index contributed by atoms with van der Waals surface area (Å²) in [7, 11) is 0. The van der Waals surface area contributed by atoms with Gasteiger partial charge in [0.2, 0.25) is 5.91 Å². The molecule has 20 heavy (non-hydrogen) atoms. The van der Waals surface area contributed by atoms with Gasteiger partial charge in [0.25, 0.3) is 0 Å². The molecule has 2 heterocycles. The van der Waals surface area contributed by atoms with Gasteiger partial charge in [0.05, 0.1) is 12.1 Å². The molecular formula is C13H24N6O. The first-order valence-electron chi connectivity index (χ1n) is 7.19. The van der Waals surface area contributed by atoms with E-state index in [2.05, 4.69) is 25.0 Å². The number of rotatable bonds is 7. The summed E-state index contributed by atoms with van der Waals surface area (Å²) in [6.45, 7) is 8.31. The lowest BCUT2D eigenvalue weighted by Crippen LogP contribution is -2.53. The normalized spacial score (nSPS) is 18.5. The largest absolute Gasteiger partial charge is 0.368 e. The summed E-state index contributed by atoms with van der Waals surface area (Å²) < 4.78 is 2.09. The lowest BCUT2D eigenvalue weighted by Gasteiger charge is -2.30. The number of hydrogen-bond acceptors (Lipinski definition) is 5. The average Bonchev–Trinajstić information content (AvgIpc) is 2.86. The summed E-state index contributed by atoms with van der Waals surface area (Å²) in [5, 5.41) is 11.2. The Morgan fingerprint density at radius 3 is 3.05 bits per heavy atom. The van der Waals surface area contributed by atoms with E-state index in [-0.39, 0.29) is 5.91 Å². The number of likely N-dealkylation sites (N-methyl/N-ethyl adjacent to an activating group) is 1. The third-order valence-electron chi connectivity index (χ3n) is 3.98. The van der Waals surface area contributed by atoms with Crippen molar-refractivity contribution >= 4 is 5.91 Å². The molecule has 7 heteroatoms. The van der Waals surface area contributed by atoms with E-state index in [9.17, 15) is 4.79 Å². The van der Waals surface area contributed by atoms with Crippen LogP contribution in [0.2, 0.25) is 0 Å². The van der Waals surface area contributed by atoms with E-state index in [0.717, 1.165) is 51.4 Å². The molecule has 3 N–H and O–H groups in total. The number of hydrogen-bond donors (Lipinski definition) is 2. The fourth-order valence-electron chi connectivity index (χ4n) is 2.65. The minimum atomic E-state index is -0.607. The molecule has 0 fully saturated rings. The minimum absolute atomic E-state index is 0.280. The summed E-state index contributed by atoms with van der Waals surface area (Å²) >= 11 is 0. The molecule has 0 bridgehead atoms. The zero-order valence-corrected chi connectivity index (χ0v) is 12.3. The number of amides is 1. The van der Waals surface area contributed by atoms with Crippen LogP contribution in [0.4, 0.5) is 0 Å². The molecule has 1 aromatic rings. The van der Waals surface area contributed by atoms with Crippen LogP contribution in [0, 0.1) is 0 Å². The summed E-state index contributed by atoms with van der Waals surface area (Å²) in [6.07, 6.45) is 3.46. The number of nitrogens with two attached hydrogens (primary N) is 1. The topological polar surface area (TPSA) is 89.1 Å². The van der Waals surface area contributed by atoms with Crippen molar-refractivity contribution in [2.45, 2.75) is 45.3 Å². The Kier molecular flexibility index (Phi) is 4.72. The molecule has 7 nitrogen and oxygen atoms in total. The van der Waals surface area contributed by atoms with Crippen LogP contribution in [-0.2, 0) is 17.9 Å². The van der Waals surface area contributed by atoms with E-state index in [4.69, 9.17) is 5.73 Å². The maximum Gasteiger partial charge on any atom is 0.237 e. The molecule has 1 aliphatic rings. The fourth-order valence-corrected chi connectivity index (χ4v) is 2.65. The van der Waals surface area contributed by atoms with Crippen LogP contribution in [0.5, 0.6) is 0 Å². The quantitative estimate of drug-likeness (QED) is 0.717. The van der Waals surface area contributed by atoms with Gasteiger partial charge in [0.1, 0.15) is 12.2 Å². The number of nitrogens with zero attached hydrogens (tertiary/aromatic N) is 4. The number of carbonyl (C=O) groups is 1. The molecule has 0 aliphatic carbocycles. The highest BCUT2D eigenvalue weighted by Gasteiger charge is 2.29. The Balaban J connectivity index is 1.80. The van der Waals surface area contributed by atoms with Gasteiger partial charge in [-0.25, -0.2) is 0 Å². The van der Waals surface area contributed by atoms with Gasteiger partial charge in [-0.15, -0.1) is 10.2 Å². The van der Waals surface area contributed by atoms with Crippen molar-refractivity contribution in [1.29, 1.82) is 0 Å². The van der Waals surface area contributed by atoms with Crippen LogP contribution >= 0.6 is 0 Å². The third kappa shape index (κ3) is 3.34. The first-order chi connectivity index (χ1) is 9.55. The van der Waals surface area contributed by atoms with Gasteiger partial charge in [0, 0.05) is 13.1 Å². The maximum absolute atomic E-state index is 11.5. The molecule has 2 rings (SSSR count). The molecule has 0 saturated carbocycles. The minimum Gasteiger partial charge on any atom is -0.368 e. The second kappa shape index (κ2) is 6.32. The van der Waals surface area contributed by atoms with Crippen LogP contribution < -0.4 is 11.1 Å². The molecule has 0 aromatic carbocycles. The van der Waals surface area contributed by atoms with Gasteiger partial charge in [-0.2, -0.15) is 0 Å². The molecule has 0 saturated heterocycles. The Labute approximate surface area is 119 Å². The SMILES string of the molecule is CCNC(C)(CCCN1CCn2cnnc2C1)C(N)=O. The van der Waals surface area contributed by atoms with E-state index in [1.807, 2.05) is 13.8 Å². The zero-order chi connectivity index (χ0) is 14.6. The predicted octanol–water partition coefficient (Wildman–Crippen LogP) is -0.273. The number of primary amides is 1. The summed E-state index contributed by atoms with van der Waals surface area (Å²) in [6, 6.07) is 0. The number of aromatic nitrogens is 3. The molecule has 112 valence electrons. The average molecular weight is 280 g/mol. The highest BCUT2D eigenvalue weighted by molar-refractivity contribution is 5.84. The van der Waals surface area contributed by atoms with E-state index < -0.39 is 5.54 Å². The van der Waals surface area contributed by atoms with Crippen molar-refractivity contribution in [2.24, 2.45) is 5.73 Å². The number of nitrogens with one attached hydrogen (secondary N) is 1. The monoisotopic (exact) mass is 280 g/mol. The van der Waals surface area contributed by atoms with Gasteiger partial charge >= 0.3 is 0 Å². The van der Waals surface area contributed by atoms with E-state index in [0.29, 0.717) is 0 Å². The molecular weight excluding hydrogens is 256 g/mol. The number of fused-ring (bicyclic) bond motifs is 1. The summed E-state index contributed by atoms with van der Waals surface area (Å²) in [5.41, 5.74) is 4.88. The van der Waals surface area contributed by atoms with Crippen molar-refractivity contribution in [3.05, 3.63) is 12.2 Å². The standard InChI is InChI=1S/C13H24N6O/c1-3-15-13(2,12(14)20)5-4-6-18-7-8-19-10-16-17-11(19)9-18/h10,15H,3-9H2,1-2H3,(H2,14,20). The molecule has 1 amide bonds. The lowest BCUT2D eigenvalue weighted by atomic mass is 9.94. The highest BCUT2D eigenvalue weighted by atomic mass is 16.1. The molecule has 0 spiro atoms. The second-order valence-electron chi connectivity index (χ2n) is 5.55. The van der Waals surface area contributed by atoms with Crippen LogP contribution in [0.25, 0.3) is 0 Å². The molecule has 1 atom stereocenters. The van der Waals surface area contributed by atoms with Crippen molar-refractivity contribution < 1.29 is 4.79 Å². The molecule has 0 radical (unpaired) electrons. The molecule has 1 aliphatic heterocycles. The summed E-state index contributed by atoms with van der Waals surface area (Å²) in [4.78, 5) is 13.9. The van der Waals surface area contributed by atoms with Crippen LogP contribution in [0.3, 0.4) is 0 Å². The predicted molar refractivity (Wildman–Crippen MR) is 75.8 cm³/mol. The van der Waals surface area contributed by atoms with Gasteiger partial charge in [-0.05, 0) is 32.9 Å². The smallest absolute Gasteiger partial charge is 0.237 e. The third-order valence-corrected chi connectivity index (χ3v) is 3.98. The Hall–Kier alpha value is -1.47. The summed E-state index contributed by atoms with van der Waals surface area (Å²) in [5.74, 6) is 0.735. The van der Waals surface area contributed by atoms with Gasteiger partial charge in [-0.3, -0.25) is 9.69 Å². The van der Waals surface area contributed by atoms with E-state index >= 15 is 0 Å². The first kappa shape index (κ1) is 14.9. The lowest BCUT2D eigenvalue weighted by molar-refractivity contribution is -0.124. The van der Waals surface area contributed by atoms with E-state index in [1.165, 1.54) is 0 Å². The van der Waals surface area contributed by atoms with Gasteiger partial charge in [0.15, 0.2) is 0 Å². The Morgan fingerprint density at radius 2 is 2.35 bits per heavy atom. The van der Waals surface area contributed by atoms with Crippen molar-refractivity contribution in [1.82, 2.24) is 25.0 Å². The second-order valence-corrected chi connectivity index (χ2v) is 5.55. The van der Waals surface area contributed by atoms with Gasteiger partial charge < -0.3 is 15.6 Å². The van der Waals surface area contributed by atoms with Crippen LogP contribution in [0.15, 0.2) is 6.33 Å². The van der Waals surface area contributed by atoms with Crippen molar-refractivity contribution in [3.63, 3.8) is 0 Å². The van der Waals surface area contributed by atoms with Crippen molar-refractivity contribution in [3.8, 4) is 0 Å². The zero-order valence-electron chi connectivity index (χ0n) is 12.3. The molecule has 1 unspecified atom stereocenters. The number of carbonyl (C=O) groups excluding carboxylic acids is 1. The fraction of sp³-hybridized carbons (Fsp3) is 0.769. The van der Waals surface area contributed by atoms with E-state index in [1.54, 1.807) is 6.33 Å². The highest BCUT2D eigenvalue weighted by Crippen LogP contribution is 2.15. The molecule has 1 aromatic heterocycles. The Morgan fingerprint density at radius 1 is 1.55 bits per heavy atom.